The Morgan fingerprint density at radius 1 is 1.50 bits per heavy atom. The number of nitrogens with two attached hydrogens (primary N) is 1. The van der Waals surface area contributed by atoms with Crippen LogP contribution in [0, 0.1) is 0 Å². The number of hydrogen-bond donors (Lipinski definition) is 2. The highest BCUT2D eigenvalue weighted by Gasteiger charge is 2.06. The van der Waals surface area contributed by atoms with Crippen molar-refractivity contribution in [1.82, 2.24) is 0 Å². The number of hydrogen-bond acceptors (Lipinski definition) is 2. The molecular weight excluding hydrogens is 202 g/mol. The number of carboxylic acids is 1. The molecule has 0 aliphatic carbocycles. The molecule has 0 fully saturated rings. The minimum atomic E-state index is -0.761. The fourth-order valence-corrected chi connectivity index (χ4v) is 1.71. The van der Waals surface area contributed by atoms with Gasteiger partial charge in [-0.15, -0.1) is 0 Å². The summed E-state index contributed by atoms with van der Waals surface area (Å²) in [5, 5.41) is 8.61. The molecule has 0 aliphatic heterocycles. The first kappa shape index (κ1) is 12.7. The zero-order chi connectivity index (χ0) is 12.0. The Labute approximate surface area is 96.3 Å². The maximum Gasteiger partial charge on any atom is 0.303 e. The number of rotatable bonds is 6. The Morgan fingerprint density at radius 2 is 2.25 bits per heavy atom. The topological polar surface area (TPSA) is 63.3 Å². The molecule has 0 bridgehead atoms. The minimum absolute atomic E-state index is 0.0646. The smallest absolute Gasteiger partial charge is 0.303 e. The van der Waals surface area contributed by atoms with Crippen molar-refractivity contribution in [3.63, 3.8) is 0 Å². The summed E-state index contributed by atoms with van der Waals surface area (Å²) in [7, 11) is 0. The lowest BCUT2D eigenvalue weighted by Crippen LogP contribution is -2.10. The van der Waals surface area contributed by atoms with Crippen molar-refractivity contribution in [2.24, 2.45) is 5.73 Å². The van der Waals surface area contributed by atoms with Gasteiger partial charge in [0, 0.05) is 12.5 Å². The predicted octanol–water partition coefficient (Wildman–Crippen LogP) is 2.50. The van der Waals surface area contributed by atoms with Crippen LogP contribution in [0.1, 0.15) is 43.4 Å². The van der Waals surface area contributed by atoms with E-state index in [1.807, 2.05) is 24.3 Å². The van der Waals surface area contributed by atoms with Crippen LogP contribution in [-0.2, 0) is 11.2 Å². The van der Waals surface area contributed by atoms with Crippen molar-refractivity contribution >= 4 is 5.97 Å². The lowest BCUT2D eigenvalue weighted by molar-refractivity contribution is -0.136. The van der Waals surface area contributed by atoms with Crippen molar-refractivity contribution in [2.45, 2.75) is 38.6 Å². The number of aliphatic carboxylic acids is 1. The van der Waals surface area contributed by atoms with E-state index in [2.05, 4.69) is 6.92 Å². The second-order valence-corrected chi connectivity index (χ2v) is 4.03. The van der Waals surface area contributed by atoms with Gasteiger partial charge in [0.1, 0.15) is 0 Å². The monoisotopic (exact) mass is 221 g/mol. The molecule has 3 nitrogen and oxygen atoms in total. The quantitative estimate of drug-likeness (QED) is 0.775. The van der Waals surface area contributed by atoms with Gasteiger partial charge >= 0.3 is 5.97 Å². The molecule has 1 rings (SSSR count). The summed E-state index contributed by atoms with van der Waals surface area (Å²) in [5.74, 6) is -0.761. The summed E-state index contributed by atoms with van der Waals surface area (Å²) in [4.78, 5) is 10.5. The molecule has 0 saturated carbocycles. The summed E-state index contributed by atoms with van der Waals surface area (Å²) in [6.07, 6.45) is 2.76. The highest BCUT2D eigenvalue weighted by Crippen LogP contribution is 2.17. The Kier molecular flexibility index (Phi) is 4.99. The van der Waals surface area contributed by atoms with Gasteiger partial charge in [0.25, 0.3) is 0 Å². The summed E-state index contributed by atoms with van der Waals surface area (Å²) in [6, 6.07) is 7.98. The van der Waals surface area contributed by atoms with Gasteiger partial charge in [-0.05, 0) is 24.0 Å². The van der Waals surface area contributed by atoms with Gasteiger partial charge < -0.3 is 10.8 Å². The standard InChI is InChI=1S/C13H19NO2/c1-2-4-12(14)11-6-3-5-10(9-11)7-8-13(15)16/h3,5-6,9,12H,2,4,7-8,14H2,1H3,(H,15,16). The SMILES string of the molecule is CCCC(N)c1cccc(CCC(=O)O)c1. The average Bonchev–Trinajstić information content (AvgIpc) is 2.27. The zero-order valence-electron chi connectivity index (χ0n) is 9.65. The summed E-state index contributed by atoms with van der Waals surface area (Å²) in [6.45, 7) is 2.11. The van der Waals surface area contributed by atoms with E-state index < -0.39 is 5.97 Å². The first-order chi connectivity index (χ1) is 7.63. The average molecular weight is 221 g/mol. The van der Waals surface area contributed by atoms with E-state index in [1.165, 1.54) is 0 Å². The Morgan fingerprint density at radius 3 is 2.88 bits per heavy atom. The molecule has 1 unspecified atom stereocenters. The molecule has 0 aliphatic rings. The molecule has 1 atom stereocenters. The maximum absolute atomic E-state index is 10.5. The van der Waals surface area contributed by atoms with Crippen molar-refractivity contribution in [3.8, 4) is 0 Å². The molecule has 0 spiro atoms. The van der Waals surface area contributed by atoms with Gasteiger partial charge in [0.2, 0.25) is 0 Å². The summed E-state index contributed by atoms with van der Waals surface area (Å²) < 4.78 is 0. The fraction of sp³-hybridized carbons (Fsp3) is 0.462. The first-order valence-corrected chi connectivity index (χ1v) is 5.69. The number of carboxylic acid groups (broad SMARTS) is 1. The van der Waals surface area contributed by atoms with Crippen LogP contribution < -0.4 is 5.73 Å². The lowest BCUT2D eigenvalue weighted by Gasteiger charge is -2.11. The number of aryl methyl sites for hydroxylation is 1. The van der Waals surface area contributed by atoms with Crippen LogP contribution in [0.5, 0.6) is 0 Å². The van der Waals surface area contributed by atoms with Crippen molar-refractivity contribution in [1.29, 1.82) is 0 Å². The van der Waals surface area contributed by atoms with Crippen LogP contribution >= 0.6 is 0 Å². The van der Waals surface area contributed by atoms with Crippen molar-refractivity contribution < 1.29 is 9.90 Å². The van der Waals surface area contributed by atoms with E-state index in [1.54, 1.807) is 0 Å². The van der Waals surface area contributed by atoms with Crippen LogP contribution in [0.4, 0.5) is 0 Å². The van der Waals surface area contributed by atoms with Crippen LogP contribution in [-0.4, -0.2) is 11.1 Å². The molecule has 0 saturated heterocycles. The van der Waals surface area contributed by atoms with Crippen LogP contribution in [0.3, 0.4) is 0 Å². The summed E-state index contributed by atoms with van der Waals surface area (Å²) >= 11 is 0. The second kappa shape index (κ2) is 6.28. The molecule has 16 heavy (non-hydrogen) atoms. The van der Waals surface area contributed by atoms with Gasteiger partial charge in [0.05, 0.1) is 0 Å². The van der Waals surface area contributed by atoms with Gasteiger partial charge in [-0.1, -0.05) is 37.6 Å². The van der Waals surface area contributed by atoms with E-state index in [-0.39, 0.29) is 12.5 Å². The normalized spacial score (nSPS) is 12.4. The van der Waals surface area contributed by atoms with E-state index in [4.69, 9.17) is 10.8 Å². The first-order valence-electron chi connectivity index (χ1n) is 5.69. The molecule has 3 heteroatoms. The number of benzene rings is 1. The molecule has 88 valence electrons. The minimum Gasteiger partial charge on any atom is -0.481 e. The molecule has 0 radical (unpaired) electrons. The molecule has 1 aromatic carbocycles. The van der Waals surface area contributed by atoms with E-state index in [0.29, 0.717) is 6.42 Å². The van der Waals surface area contributed by atoms with E-state index in [0.717, 1.165) is 24.0 Å². The largest absolute Gasteiger partial charge is 0.481 e. The molecule has 3 N–H and O–H groups in total. The van der Waals surface area contributed by atoms with E-state index in [9.17, 15) is 4.79 Å². The number of carbonyl (C=O) groups is 1. The van der Waals surface area contributed by atoms with Crippen LogP contribution in [0.25, 0.3) is 0 Å². The highest BCUT2D eigenvalue weighted by molar-refractivity contribution is 5.67. The van der Waals surface area contributed by atoms with Crippen molar-refractivity contribution in [2.75, 3.05) is 0 Å². The lowest BCUT2D eigenvalue weighted by atomic mass is 9.99. The third-order valence-electron chi connectivity index (χ3n) is 2.61. The van der Waals surface area contributed by atoms with Gasteiger partial charge in [0.15, 0.2) is 0 Å². The summed E-state index contributed by atoms with van der Waals surface area (Å²) in [5.41, 5.74) is 8.16. The predicted molar refractivity (Wildman–Crippen MR) is 64.2 cm³/mol. The Balaban J connectivity index is 2.66. The molecule has 0 aromatic heterocycles. The fourth-order valence-electron chi connectivity index (χ4n) is 1.71. The van der Waals surface area contributed by atoms with Crippen LogP contribution in [0.15, 0.2) is 24.3 Å². The Hall–Kier alpha value is -1.35. The van der Waals surface area contributed by atoms with Gasteiger partial charge in [-0.3, -0.25) is 4.79 Å². The van der Waals surface area contributed by atoms with Crippen LogP contribution in [0.2, 0.25) is 0 Å². The van der Waals surface area contributed by atoms with Gasteiger partial charge in [-0.2, -0.15) is 0 Å². The maximum atomic E-state index is 10.5. The third kappa shape index (κ3) is 4.03. The van der Waals surface area contributed by atoms with Gasteiger partial charge in [-0.25, -0.2) is 0 Å². The second-order valence-electron chi connectivity index (χ2n) is 4.03. The molecule has 1 aromatic rings. The van der Waals surface area contributed by atoms with E-state index >= 15 is 0 Å². The molecule has 0 heterocycles. The molecule has 0 amide bonds. The zero-order valence-corrected chi connectivity index (χ0v) is 9.65. The third-order valence-corrected chi connectivity index (χ3v) is 2.61. The van der Waals surface area contributed by atoms with Crippen molar-refractivity contribution in [3.05, 3.63) is 35.4 Å². The highest BCUT2D eigenvalue weighted by atomic mass is 16.4. The molecular formula is C13H19NO2. The Bertz CT molecular complexity index is 350.